The van der Waals surface area contributed by atoms with Gasteiger partial charge in [0.1, 0.15) is 6.17 Å². The molecule has 1 aliphatic heterocycles. The molecule has 0 aromatic carbocycles. The monoisotopic (exact) mass is 181 g/mol. The average molecular weight is 181 g/mol. The van der Waals surface area contributed by atoms with E-state index in [2.05, 4.69) is 4.99 Å². The fourth-order valence-electron chi connectivity index (χ4n) is 0.802. The average Bonchev–Trinajstić information content (AvgIpc) is 1.92. The van der Waals surface area contributed by atoms with Crippen LogP contribution in [0.5, 0.6) is 0 Å². The molecule has 0 saturated heterocycles. The molecule has 0 amide bonds. The highest BCUT2D eigenvalue weighted by Gasteiger charge is 2.35. The van der Waals surface area contributed by atoms with Gasteiger partial charge >= 0.3 is 6.18 Å². The van der Waals surface area contributed by atoms with Gasteiger partial charge in [-0.3, -0.25) is 4.99 Å². The fraction of sp³-hybridized carbons (Fsp3) is 0.571. The van der Waals surface area contributed by atoms with Crippen molar-refractivity contribution in [2.45, 2.75) is 25.3 Å². The Morgan fingerprint density at radius 3 is 2.42 bits per heavy atom. The molecule has 0 radical (unpaired) electrons. The number of halogens is 4. The first-order chi connectivity index (χ1) is 5.41. The number of alkyl halides is 4. The van der Waals surface area contributed by atoms with Crippen LogP contribution in [0.2, 0.25) is 0 Å². The molecule has 1 nitrogen and oxygen atoms in total. The SMILES string of the molecule is CC1N=CC(C(F)(F)F)=CC1F. The second kappa shape index (κ2) is 2.88. The van der Waals surface area contributed by atoms with Crippen molar-refractivity contribution in [3.05, 3.63) is 11.6 Å². The van der Waals surface area contributed by atoms with Crippen LogP contribution in [0.15, 0.2) is 16.6 Å². The molecule has 1 rings (SSSR count). The number of hydrogen-bond donors (Lipinski definition) is 0. The summed E-state index contributed by atoms with van der Waals surface area (Å²) >= 11 is 0. The Morgan fingerprint density at radius 1 is 1.42 bits per heavy atom. The molecule has 0 fully saturated rings. The van der Waals surface area contributed by atoms with Gasteiger partial charge in [-0.15, -0.1) is 0 Å². The lowest BCUT2D eigenvalue weighted by Crippen LogP contribution is -2.24. The van der Waals surface area contributed by atoms with Gasteiger partial charge in [-0.25, -0.2) is 4.39 Å². The summed E-state index contributed by atoms with van der Waals surface area (Å²) in [7, 11) is 0. The van der Waals surface area contributed by atoms with Gasteiger partial charge < -0.3 is 0 Å². The summed E-state index contributed by atoms with van der Waals surface area (Å²) in [5.41, 5.74) is -1.01. The molecule has 5 heteroatoms. The lowest BCUT2D eigenvalue weighted by molar-refractivity contribution is -0.0865. The highest BCUT2D eigenvalue weighted by atomic mass is 19.4. The molecule has 0 bridgehead atoms. The van der Waals surface area contributed by atoms with Gasteiger partial charge in [0.2, 0.25) is 0 Å². The summed E-state index contributed by atoms with van der Waals surface area (Å²) in [5.74, 6) is 0. The van der Waals surface area contributed by atoms with Crippen LogP contribution < -0.4 is 0 Å². The van der Waals surface area contributed by atoms with Gasteiger partial charge in [-0.1, -0.05) is 0 Å². The molecule has 0 N–H and O–H groups in total. The van der Waals surface area contributed by atoms with Crippen molar-refractivity contribution in [2.24, 2.45) is 4.99 Å². The number of nitrogens with zero attached hydrogens (tertiary/aromatic N) is 1. The van der Waals surface area contributed by atoms with Crippen LogP contribution in [0.3, 0.4) is 0 Å². The maximum atomic E-state index is 12.7. The van der Waals surface area contributed by atoms with E-state index >= 15 is 0 Å². The molecule has 0 saturated carbocycles. The van der Waals surface area contributed by atoms with Crippen molar-refractivity contribution in [3.8, 4) is 0 Å². The van der Waals surface area contributed by atoms with Crippen molar-refractivity contribution < 1.29 is 17.6 Å². The van der Waals surface area contributed by atoms with Gasteiger partial charge in [-0.05, 0) is 13.0 Å². The third-order valence-electron chi connectivity index (χ3n) is 1.58. The molecule has 2 atom stereocenters. The summed E-state index contributed by atoms with van der Waals surface area (Å²) in [6, 6.07) is -0.712. The number of dihydropyridines is 1. The van der Waals surface area contributed by atoms with E-state index < -0.39 is 24.0 Å². The highest BCUT2D eigenvalue weighted by molar-refractivity contribution is 5.81. The van der Waals surface area contributed by atoms with E-state index in [1.54, 1.807) is 0 Å². The zero-order valence-electron chi connectivity index (χ0n) is 6.27. The summed E-state index contributed by atoms with van der Waals surface area (Å²) in [5, 5.41) is 0. The van der Waals surface area contributed by atoms with Crippen molar-refractivity contribution in [1.29, 1.82) is 0 Å². The second-order valence-electron chi connectivity index (χ2n) is 2.58. The minimum absolute atomic E-state index is 0.553. The molecule has 2 unspecified atom stereocenters. The minimum Gasteiger partial charge on any atom is -0.286 e. The number of allylic oxidation sites excluding steroid dienone is 1. The van der Waals surface area contributed by atoms with Crippen LogP contribution in [0.4, 0.5) is 17.6 Å². The third-order valence-corrected chi connectivity index (χ3v) is 1.58. The standard InChI is InChI=1S/C7H7F4N/c1-4-6(8)2-5(3-12-4)7(9,10)11/h2-4,6H,1H3. The van der Waals surface area contributed by atoms with Crippen molar-refractivity contribution >= 4 is 6.21 Å². The smallest absolute Gasteiger partial charge is 0.286 e. The largest absolute Gasteiger partial charge is 0.417 e. The molecular formula is C7H7F4N. The number of rotatable bonds is 0. The maximum absolute atomic E-state index is 12.7. The van der Waals surface area contributed by atoms with E-state index in [0.29, 0.717) is 12.3 Å². The minimum atomic E-state index is -4.49. The first-order valence-electron chi connectivity index (χ1n) is 3.37. The van der Waals surface area contributed by atoms with Gasteiger partial charge in [0.25, 0.3) is 0 Å². The molecule has 0 aliphatic carbocycles. The highest BCUT2D eigenvalue weighted by Crippen LogP contribution is 2.27. The molecule has 0 aromatic rings. The van der Waals surface area contributed by atoms with E-state index in [1.807, 2.05) is 0 Å². The van der Waals surface area contributed by atoms with Gasteiger partial charge in [0, 0.05) is 6.21 Å². The molecular weight excluding hydrogens is 174 g/mol. The molecule has 1 heterocycles. The Hall–Kier alpha value is -0.870. The summed E-state index contributed by atoms with van der Waals surface area (Å²) in [4.78, 5) is 3.37. The van der Waals surface area contributed by atoms with Crippen LogP contribution in [0.1, 0.15) is 6.92 Å². The topological polar surface area (TPSA) is 12.4 Å². The molecule has 0 spiro atoms. The van der Waals surface area contributed by atoms with E-state index in [4.69, 9.17) is 0 Å². The first kappa shape index (κ1) is 9.22. The van der Waals surface area contributed by atoms with Gasteiger partial charge in [-0.2, -0.15) is 13.2 Å². The van der Waals surface area contributed by atoms with Crippen molar-refractivity contribution in [2.75, 3.05) is 0 Å². The zero-order valence-corrected chi connectivity index (χ0v) is 6.27. The number of aliphatic imine (C=N–C) groups is 1. The van der Waals surface area contributed by atoms with E-state index in [-0.39, 0.29) is 0 Å². The van der Waals surface area contributed by atoms with E-state index in [9.17, 15) is 17.6 Å². The Labute approximate surface area is 66.8 Å². The predicted octanol–water partition coefficient (Wildman–Crippen LogP) is 2.29. The fourth-order valence-corrected chi connectivity index (χ4v) is 0.802. The first-order valence-corrected chi connectivity index (χ1v) is 3.37. The van der Waals surface area contributed by atoms with Crippen LogP contribution in [-0.4, -0.2) is 24.6 Å². The van der Waals surface area contributed by atoms with Crippen LogP contribution >= 0.6 is 0 Å². The van der Waals surface area contributed by atoms with E-state index in [0.717, 1.165) is 0 Å². The maximum Gasteiger partial charge on any atom is 0.417 e. The lowest BCUT2D eigenvalue weighted by atomic mass is 10.1. The molecule has 12 heavy (non-hydrogen) atoms. The summed E-state index contributed by atoms with van der Waals surface area (Å²) < 4.78 is 48.4. The van der Waals surface area contributed by atoms with Crippen LogP contribution in [0, 0.1) is 0 Å². The molecule has 68 valence electrons. The predicted molar refractivity (Wildman–Crippen MR) is 37.0 cm³/mol. The zero-order chi connectivity index (χ0) is 9.35. The quantitative estimate of drug-likeness (QED) is 0.508. The third kappa shape index (κ3) is 1.84. The Morgan fingerprint density at radius 2 is 2.00 bits per heavy atom. The molecule has 0 aromatic heterocycles. The van der Waals surface area contributed by atoms with Crippen LogP contribution in [0.25, 0.3) is 0 Å². The lowest BCUT2D eigenvalue weighted by Gasteiger charge is -2.16. The molecule has 1 aliphatic rings. The Bertz CT molecular complexity index is 228. The van der Waals surface area contributed by atoms with E-state index in [1.165, 1.54) is 6.92 Å². The normalized spacial score (nSPS) is 30.2. The van der Waals surface area contributed by atoms with Crippen LogP contribution in [-0.2, 0) is 0 Å². The number of hydrogen-bond acceptors (Lipinski definition) is 1. The Balaban J connectivity index is 2.84. The Kier molecular flexibility index (Phi) is 2.21. The van der Waals surface area contributed by atoms with Crippen molar-refractivity contribution in [3.63, 3.8) is 0 Å². The second-order valence-corrected chi connectivity index (χ2v) is 2.58. The summed E-state index contributed by atoms with van der Waals surface area (Å²) in [6.45, 7) is 1.42. The van der Waals surface area contributed by atoms with Gasteiger partial charge in [0.05, 0.1) is 11.6 Å². The van der Waals surface area contributed by atoms with Crippen molar-refractivity contribution in [1.82, 2.24) is 0 Å². The van der Waals surface area contributed by atoms with Gasteiger partial charge in [0.15, 0.2) is 0 Å². The summed E-state index contributed by atoms with van der Waals surface area (Å²) in [6.07, 6.45) is -4.90.